The van der Waals surface area contributed by atoms with Crippen LogP contribution in [0.2, 0.25) is 0 Å². The Morgan fingerprint density at radius 1 is 1.05 bits per heavy atom. The third-order valence-corrected chi connectivity index (χ3v) is 6.70. The van der Waals surface area contributed by atoms with E-state index in [1.807, 2.05) is 54.8 Å². The summed E-state index contributed by atoms with van der Waals surface area (Å²) in [6.07, 6.45) is 4.75. The summed E-state index contributed by atoms with van der Waals surface area (Å²) >= 11 is 5.35. The van der Waals surface area contributed by atoms with Crippen molar-refractivity contribution < 1.29 is 19.1 Å². The summed E-state index contributed by atoms with van der Waals surface area (Å²) in [5, 5.41) is 2.70. The lowest BCUT2D eigenvalue weighted by molar-refractivity contribution is -0.122. The average Bonchev–Trinajstić information content (AvgIpc) is 3.17. The summed E-state index contributed by atoms with van der Waals surface area (Å²) in [5.74, 6) is -1.44. The monoisotopic (exact) mass is 515 g/mol. The maximum atomic E-state index is 13.5. The first kappa shape index (κ1) is 26.0. The van der Waals surface area contributed by atoms with Gasteiger partial charge in [0.1, 0.15) is 5.57 Å². The molecule has 2 heterocycles. The Morgan fingerprint density at radius 3 is 2.46 bits per heavy atom. The lowest BCUT2D eigenvalue weighted by Gasteiger charge is -2.29. The van der Waals surface area contributed by atoms with Gasteiger partial charge in [0, 0.05) is 17.1 Å². The SMILES string of the molecule is CCCCc1ccc(N2C(=O)/C(=C\c3cc(C)n(-c4cccc(C(=O)OC)c4)c3C)C(=O)NC2=S)cc1. The second-order valence-corrected chi connectivity index (χ2v) is 9.32. The molecule has 190 valence electrons. The Balaban J connectivity index is 1.68. The number of aromatic nitrogens is 1. The minimum atomic E-state index is -0.539. The van der Waals surface area contributed by atoms with Crippen molar-refractivity contribution >= 4 is 46.9 Å². The molecule has 0 aliphatic carbocycles. The Bertz CT molecular complexity index is 1420. The van der Waals surface area contributed by atoms with Crippen LogP contribution in [0, 0.1) is 13.8 Å². The molecule has 1 fully saturated rings. The maximum Gasteiger partial charge on any atom is 0.337 e. The van der Waals surface area contributed by atoms with Gasteiger partial charge in [0.05, 0.1) is 18.4 Å². The number of carbonyl (C=O) groups excluding carboxylic acids is 3. The topological polar surface area (TPSA) is 80.6 Å². The first-order chi connectivity index (χ1) is 17.7. The van der Waals surface area contributed by atoms with Crippen molar-refractivity contribution in [3.8, 4) is 5.69 Å². The van der Waals surface area contributed by atoms with Crippen LogP contribution < -0.4 is 10.2 Å². The Labute approximate surface area is 221 Å². The van der Waals surface area contributed by atoms with Gasteiger partial charge in [-0.2, -0.15) is 0 Å². The number of unbranched alkanes of at least 4 members (excludes halogenated alkanes) is 1. The van der Waals surface area contributed by atoms with E-state index >= 15 is 0 Å². The molecule has 4 rings (SSSR count). The number of esters is 1. The van der Waals surface area contributed by atoms with Gasteiger partial charge in [-0.3, -0.25) is 19.8 Å². The number of anilines is 1. The number of thiocarbonyl (C=S) groups is 1. The molecule has 1 aliphatic heterocycles. The number of carbonyl (C=O) groups is 3. The first-order valence-electron chi connectivity index (χ1n) is 12.1. The number of ether oxygens (including phenoxy) is 1. The number of rotatable bonds is 7. The van der Waals surface area contributed by atoms with Crippen molar-refractivity contribution in [2.75, 3.05) is 12.0 Å². The third-order valence-electron chi connectivity index (χ3n) is 6.41. The second-order valence-electron chi connectivity index (χ2n) is 8.93. The number of methoxy groups -OCH3 is 1. The van der Waals surface area contributed by atoms with Crippen LogP contribution in [0.15, 0.2) is 60.2 Å². The second kappa shape index (κ2) is 10.9. The van der Waals surface area contributed by atoms with Gasteiger partial charge in [0.2, 0.25) is 0 Å². The molecule has 2 aromatic carbocycles. The van der Waals surface area contributed by atoms with Crippen LogP contribution in [0.5, 0.6) is 0 Å². The van der Waals surface area contributed by atoms with Crippen molar-refractivity contribution in [2.24, 2.45) is 0 Å². The van der Waals surface area contributed by atoms with Crippen LogP contribution in [0.1, 0.15) is 52.6 Å². The van der Waals surface area contributed by atoms with E-state index in [-0.39, 0.29) is 10.7 Å². The number of hydrogen-bond acceptors (Lipinski definition) is 5. The quantitative estimate of drug-likeness (QED) is 0.206. The van der Waals surface area contributed by atoms with Gasteiger partial charge in [-0.15, -0.1) is 0 Å². The summed E-state index contributed by atoms with van der Waals surface area (Å²) in [6, 6.07) is 16.7. The van der Waals surface area contributed by atoms with E-state index in [2.05, 4.69) is 12.2 Å². The predicted molar refractivity (Wildman–Crippen MR) is 148 cm³/mol. The summed E-state index contributed by atoms with van der Waals surface area (Å²) in [6.45, 7) is 5.96. The fraction of sp³-hybridized carbons (Fsp3) is 0.241. The molecular weight excluding hydrogens is 486 g/mol. The van der Waals surface area contributed by atoms with Gasteiger partial charge in [-0.1, -0.05) is 31.5 Å². The summed E-state index contributed by atoms with van der Waals surface area (Å²) in [4.78, 5) is 39.7. The van der Waals surface area contributed by atoms with Crippen molar-refractivity contribution in [1.82, 2.24) is 9.88 Å². The maximum absolute atomic E-state index is 13.5. The van der Waals surface area contributed by atoms with Crippen LogP contribution in [0.3, 0.4) is 0 Å². The normalized spacial score (nSPS) is 14.8. The third kappa shape index (κ3) is 5.24. The Hall–Kier alpha value is -4.04. The van der Waals surface area contributed by atoms with E-state index in [9.17, 15) is 14.4 Å². The fourth-order valence-corrected chi connectivity index (χ4v) is 4.74. The zero-order valence-electron chi connectivity index (χ0n) is 21.3. The van der Waals surface area contributed by atoms with Crippen LogP contribution in [-0.2, 0) is 20.7 Å². The molecule has 0 atom stereocenters. The molecule has 7 nitrogen and oxygen atoms in total. The van der Waals surface area contributed by atoms with Crippen molar-refractivity contribution in [1.29, 1.82) is 0 Å². The highest BCUT2D eigenvalue weighted by Gasteiger charge is 2.34. The van der Waals surface area contributed by atoms with E-state index in [1.165, 1.54) is 17.6 Å². The molecule has 1 saturated heterocycles. The molecule has 2 amide bonds. The van der Waals surface area contributed by atoms with Crippen molar-refractivity contribution in [3.05, 3.63) is 88.2 Å². The van der Waals surface area contributed by atoms with Crippen molar-refractivity contribution in [3.63, 3.8) is 0 Å². The fourth-order valence-electron chi connectivity index (χ4n) is 4.46. The van der Waals surface area contributed by atoms with Gasteiger partial charge >= 0.3 is 5.97 Å². The highest BCUT2D eigenvalue weighted by molar-refractivity contribution is 7.80. The molecule has 0 bridgehead atoms. The standard InChI is InChI=1S/C29H29N3O4S/c1-5-6-8-20-11-13-23(14-12-20)32-27(34)25(26(33)30-29(32)37)17-22-15-18(2)31(19(22)3)24-10-7-9-21(16-24)28(35)36-4/h7,9-17H,5-6,8H2,1-4H3,(H,30,33,37)/b25-17-. The minimum Gasteiger partial charge on any atom is -0.465 e. The van der Waals surface area contributed by atoms with Crippen LogP contribution in [0.4, 0.5) is 5.69 Å². The van der Waals surface area contributed by atoms with Crippen LogP contribution in [0.25, 0.3) is 11.8 Å². The molecule has 1 aliphatic rings. The molecule has 8 heteroatoms. The molecule has 1 N–H and O–H groups in total. The van der Waals surface area contributed by atoms with E-state index in [4.69, 9.17) is 17.0 Å². The minimum absolute atomic E-state index is 0.00720. The molecule has 0 spiro atoms. The van der Waals surface area contributed by atoms with Gasteiger partial charge in [0.15, 0.2) is 5.11 Å². The number of nitrogens with zero attached hydrogens (tertiary/aromatic N) is 2. The smallest absolute Gasteiger partial charge is 0.337 e. The average molecular weight is 516 g/mol. The van der Waals surface area contributed by atoms with Gasteiger partial charge < -0.3 is 9.30 Å². The summed E-state index contributed by atoms with van der Waals surface area (Å²) < 4.78 is 6.80. The zero-order chi connectivity index (χ0) is 26.7. The Morgan fingerprint density at radius 2 is 1.78 bits per heavy atom. The van der Waals surface area contributed by atoms with Gasteiger partial charge in [-0.05, 0) is 92.5 Å². The molecule has 1 aromatic heterocycles. The number of aryl methyl sites for hydroxylation is 2. The molecular formula is C29H29N3O4S. The number of nitrogens with one attached hydrogen (secondary N) is 1. The van der Waals surface area contributed by atoms with E-state index < -0.39 is 17.8 Å². The van der Waals surface area contributed by atoms with Gasteiger partial charge in [0.25, 0.3) is 11.8 Å². The van der Waals surface area contributed by atoms with E-state index in [0.29, 0.717) is 16.8 Å². The summed E-state index contributed by atoms with van der Waals surface area (Å²) in [7, 11) is 1.34. The first-order valence-corrected chi connectivity index (χ1v) is 12.5. The lowest BCUT2D eigenvalue weighted by atomic mass is 10.1. The molecule has 0 radical (unpaired) electrons. The summed E-state index contributed by atoms with van der Waals surface area (Å²) in [5.41, 5.74) is 5.38. The number of hydrogen-bond donors (Lipinski definition) is 1. The number of benzene rings is 2. The lowest BCUT2D eigenvalue weighted by Crippen LogP contribution is -2.54. The van der Waals surface area contributed by atoms with Crippen molar-refractivity contribution in [2.45, 2.75) is 40.0 Å². The molecule has 0 unspecified atom stereocenters. The predicted octanol–water partition coefficient (Wildman–Crippen LogP) is 5.05. The number of amides is 2. The molecule has 0 saturated carbocycles. The van der Waals surface area contributed by atoms with Crippen LogP contribution in [-0.4, -0.2) is 34.6 Å². The van der Waals surface area contributed by atoms with Gasteiger partial charge in [-0.25, -0.2) is 4.79 Å². The largest absolute Gasteiger partial charge is 0.465 e. The van der Waals surface area contributed by atoms with E-state index in [1.54, 1.807) is 24.3 Å². The molecule has 3 aromatic rings. The van der Waals surface area contributed by atoms with Crippen LogP contribution >= 0.6 is 12.2 Å². The zero-order valence-corrected chi connectivity index (χ0v) is 22.1. The highest BCUT2D eigenvalue weighted by Crippen LogP contribution is 2.27. The van der Waals surface area contributed by atoms with E-state index in [0.717, 1.165) is 36.3 Å². The molecule has 37 heavy (non-hydrogen) atoms. The highest BCUT2D eigenvalue weighted by atomic mass is 32.1. The Kier molecular flexibility index (Phi) is 7.69.